The van der Waals surface area contributed by atoms with Crippen LogP contribution in [0.1, 0.15) is 71.9 Å². The van der Waals surface area contributed by atoms with Crippen molar-refractivity contribution in [3.8, 4) is 5.69 Å². The third kappa shape index (κ3) is 4.39. The van der Waals surface area contributed by atoms with E-state index in [-0.39, 0.29) is 36.6 Å². The van der Waals surface area contributed by atoms with E-state index in [1.54, 1.807) is 35.3 Å². The van der Waals surface area contributed by atoms with E-state index >= 15 is 0 Å². The predicted molar refractivity (Wildman–Crippen MR) is 146 cm³/mol. The van der Waals surface area contributed by atoms with Crippen LogP contribution in [0, 0.1) is 11.2 Å². The number of aromatic nitrogens is 5. The van der Waals surface area contributed by atoms with Gasteiger partial charge in [0, 0.05) is 12.4 Å². The van der Waals surface area contributed by atoms with Crippen molar-refractivity contribution in [1.29, 1.82) is 0 Å². The highest BCUT2D eigenvalue weighted by Crippen LogP contribution is 2.52. The average Bonchev–Trinajstić information content (AvgIpc) is 3.56. The van der Waals surface area contributed by atoms with Gasteiger partial charge in [0.25, 0.3) is 0 Å². The molecule has 0 radical (unpaired) electrons. The van der Waals surface area contributed by atoms with Crippen molar-refractivity contribution in [2.45, 2.75) is 61.3 Å². The van der Waals surface area contributed by atoms with Gasteiger partial charge in [0.1, 0.15) is 11.5 Å². The number of carbonyl (C=O) groups is 1. The van der Waals surface area contributed by atoms with Crippen molar-refractivity contribution in [3.63, 3.8) is 0 Å². The van der Waals surface area contributed by atoms with Crippen molar-refractivity contribution in [2.24, 2.45) is 5.41 Å². The first kappa shape index (κ1) is 26.8. The van der Waals surface area contributed by atoms with Crippen LogP contribution in [0.4, 0.5) is 13.2 Å². The molecule has 3 heterocycles. The summed E-state index contributed by atoms with van der Waals surface area (Å²) in [6, 6.07) is 10.6. The van der Waals surface area contributed by atoms with Gasteiger partial charge >= 0.3 is 6.55 Å². The van der Waals surface area contributed by atoms with Crippen molar-refractivity contribution < 1.29 is 26.4 Å². The van der Waals surface area contributed by atoms with E-state index in [0.29, 0.717) is 22.7 Å². The van der Waals surface area contributed by atoms with Gasteiger partial charge in [-0.1, -0.05) is 11.6 Å². The zero-order chi connectivity index (χ0) is 29.2. The lowest BCUT2D eigenvalue weighted by Gasteiger charge is -2.43. The van der Waals surface area contributed by atoms with E-state index < -0.39 is 32.1 Å². The molecule has 0 spiro atoms. The first-order valence-electron chi connectivity index (χ1n) is 13.8. The number of allylic oxidation sites excluding steroid dienone is 1. The number of pyridine rings is 1. The van der Waals surface area contributed by atoms with Crippen LogP contribution in [0.5, 0.6) is 0 Å². The maximum atomic E-state index is 14.4. The lowest BCUT2D eigenvalue weighted by molar-refractivity contribution is 0.0553. The summed E-state index contributed by atoms with van der Waals surface area (Å²) in [6.45, 7) is -2.97. The number of Topliss-reactive ketones (excluding diaryl/α,β-unsaturated/α-hetero) is 1. The molecule has 0 saturated heterocycles. The second-order valence-electron chi connectivity index (χ2n) is 11.3. The smallest absolute Gasteiger partial charge is 0.291 e. The van der Waals surface area contributed by atoms with E-state index in [1.807, 2.05) is 12.1 Å². The van der Waals surface area contributed by atoms with E-state index in [0.717, 1.165) is 47.5 Å². The molecule has 4 aromatic rings. The number of ketones is 1. The average molecular weight is 594 g/mol. The van der Waals surface area contributed by atoms with Gasteiger partial charge in [-0.3, -0.25) is 9.78 Å². The molecule has 12 heteroatoms. The van der Waals surface area contributed by atoms with Crippen LogP contribution in [-0.2, 0) is 16.3 Å². The summed E-state index contributed by atoms with van der Waals surface area (Å²) in [5.74, 6) is -0.197. The van der Waals surface area contributed by atoms with Gasteiger partial charge in [-0.25, -0.2) is 22.2 Å². The fourth-order valence-electron chi connectivity index (χ4n) is 6.31. The zero-order valence-electron chi connectivity index (χ0n) is 22.3. The second kappa shape index (κ2) is 9.75. The third-order valence-corrected chi connectivity index (χ3v) is 10.8. The molecule has 0 aliphatic heterocycles. The Morgan fingerprint density at radius 1 is 1.02 bits per heavy atom. The molecule has 8 nitrogen and oxygen atoms in total. The predicted octanol–water partition coefficient (Wildman–Crippen LogP) is 5.71. The minimum absolute atomic E-state index is 0.0469. The summed E-state index contributed by atoms with van der Waals surface area (Å²) in [6.07, 6.45) is 9.01. The SMILES string of the molecule is O=C(c1ccc(C2CC2)cn1)[C@]12Cc3cnn(-c4ccc(F)cc4)c3C=C1CC[C@H](S(=O)(=O)c1ccn(C(F)F)n1)C2. The monoisotopic (exact) mass is 593 g/mol. The highest BCUT2D eigenvalue weighted by atomic mass is 32.2. The second-order valence-corrected chi connectivity index (χ2v) is 13.4. The molecule has 2 atom stereocenters. The van der Waals surface area contributed by atoms with E-state index in [2.05, 4.69) is 15.2 Å². The van der Waals surface area contributed by atoms with Gasteiger partial charge in [-0.2, -0.15) is 19.0 Å². The maximum absolute atomic E-state index is 14.4. The first-order valence-corrected chi connectivity index (χ1v) is 15.3. The summed E-state index contributed by atoms with van der Waals surface area (Å²) in [4.78, 5) is 18.9. The number of rotatable bonds is 7. The summed E-state index contributed by atoms with van der Waals surface area (Å²) < 4.78 is 69.3. The largest absolute Gasteiger partial charge is 0.333 e. The quantitative estimate of drug-likeness (QED) is 0.255. The molecule has 0 amide bonds. The van der Waals surface area contributed by atoms with Crippen molar-refractivity contribution in [2.75, 3.05) is 0 Å². The van der Waals surface area contributed by atoms with Crippen LogP contribution in [0.3, 0.4) is 0 Å². The minimum atomic E-state index is -4.13. The van der Waals surface area contributed by atoms with Gasteiger partial charge in [-0.15, -0.1) is 0 Å². The van der Waals surface area contributed by atoms with Crippen LogP contribution in [0.15, 0.2) is 71.7 Å². The number of sulfone groups is 1. The number of hydrogen-bond acceptors (Lipinski definition) is 6. The van der Waals surface area contributed by atoms with Crippen LogP contribution in [0.2, 0.25) is 0 Å². The highest BCUT2D eigenvalue weighted by Gasteiger charge is 2.52. The van der Waals surface area contributed by atoms with E-state index in [1.165, 1.54) is 12.1 Å². The Bertz CT molecular complexity index is 1830. The molecule has 3 aliphatic rings. The number of carbonyl (C=O) groups excluding carboxylic acids is 1. The van der Waals surface area contributed by atoms with Gasteiger partial charge < -0.3 is 0 Å². The van der Waals surface area contributed by atoms with Gasteiger partial charge in [0.2, 0.25) is 0 Å². The molecule has 42 heavy (non-hydrogen) atoms. The maximum Gasteiger partial charge on any atom is 0.333 e. The van der Waals surface area contributed by atoms with Crippen LogP contribution < -0.4 is 0 Å². The Morgan fingerprint density at radius 3 is 2.48 bits per heavy atom. The van der Waals surface area contributed by atoms with E-state index in [9.17, 15) is 26.4 Å². The van der Waals surface area contributed by atoms with Gasteiger partial charge in [0.15, 0.2) is 20.6 Å². The fourth-order valence-corrected chi connectivity index (χ4v) is 8.04. The third-order valence-electron chi connectivity index (χ3n) is 8.70. The van der Waals surface area contributed by atoms with Crippen molar-refractivity contribution in [1.82, 2.24) is 24.5 Å². The Labute approximate surface area is 239 Å². The minimum Gasteiger partial charge on any atom is -0.291 e. The van der Waals surface area contributed by atoms with Crippen molar-refractivity contribution in [3.05, 3.63) is 95.0 Å². The van der Waals surface area contributed by atoms with Crippen LogP contribution in [0.25, 0.3) is 11.8 Å². The molecule has 216 valence electrons. The Morgan fingerprint density at radius 2 is 1.81 bits per heavy atom. The highest BCUT2D eigenvalue weighted by molar-refractivity contribution is 7.92. The summed E-state index contributed by atoms with van der Waals surface area (Å²) >= 11 is 0. The molecular formula is C30H26F3N5O3S. The first-order chi connectivity index (χ1) is 20.2. The number of alkyl halides is 2. The Hall–Kier alpha value is -4.06. The molecule has 7 rings (SSSR count). The van der Waals surface area contributed by atoms with E-state index in [4.69, 9.17) is 0 Å². The van der Waals surface area contributed by atoms with Gasteiger partial charge in [-0.05, 0) is 98.0 Å². The number of hydrogen-bond donors (Lipinski definition) is 0. The zero-order valence-corrected chi connectivity index (χ0v) is 23.1. The number of benzene rings is 1. The molecule has 1 aromatic carbocycles. The summed E-state index contributed by atoms with van der Waals surface area (Å²) in [5.41, 5.74) is 3.00. The normalized spacial score (nSPS) is 22.0. The Kier molecular flexibility index (Phi) is 6.23. The Balaban J connectivity index is 1.30. The number of nitrogens with zero attached hydrogens (tertiary/aromatic N) is 5. The van der Waals surface area contributed by atoms with Crippen LogP contribution >= 0.6 is 0 Å². The molecule has 0 N–H and O–H groups in total. The topological polar surface area (TPSA) is 99.7 Å². The van der Waals surface area contributed by atoms with Crippen LogP contribution in [-0.4, -0.2) is 44.0 Å². The lowest BCUT2D eigenvalue weighted by Crippen LogP contribution is -2.46. The number of fused-ring (bicyclic) bond motifs is 2. The molecular weight excluding hydrogens is 567 g/mol. The summed E-state index contributed by atoms with van der Waals surface area (Å²) in [7, 11) is -4.13. The molecule has 0 bridgehead atoms. The number of halogens is 3. The molecule has 2 fully saturated rings. The molecule has 0 unspecified atom stereocenters. The van der Waals surface area contributed by atoms with Crippen molar-refractivity contribution >= 4 is 21.7 Å². The van der Waals surface area contributed by atoms with Gasteiger partial charge in [0.05, 0.1) is 28.2 Å². The molecule has 3 aliphatic carbocycles. The standard InChI is InChI=1S/C30H26F3N5O3S/c31-22-5-7-23(8-6-22)38-26-13-21-4-9-24(42(40,41)27-11-12-37(36-27)29(32)33)15-30(21,14-20(26)17-35-38)28(39)25-10-3-19(16-34-25)18-1-2-18/h3,5-8,10-13,16-18,24,29H,1-2,4,9,14-15H2/t24-,30-/m0/s1. The summed E-state index contributed by atoms with van der Waals surface area (Å²) in [5, 5.41) is 6.69. The molecule has 2 saturated carbocycles. The fraction of sp³-hybridized carbons (Fsp3) is 0.333. The lowest BCUT2D eigenvalue weighted by atomic mass is 9.61. The molecule has 3 aromatic heterocycles.